The minimum Gasteiger partial charge on any atom is -0.389 e. The van der Waals surface area contributed by atoms with Crippen LogP contribution in [0.2, 0.25) is 0 Å². The number of aryl methyl sites for hydroxylation is 1. The lowest BCUT2D eigenvalue weighted by Crippen LogP contribution is -2.53. The normalized spacial score (nSPS) is 14.4. The van der Waals surface area contributed by atoms with Crippen LogP contribution >= 0.6 is 0 Å². The predicted molar refractivity (Wildman–Crippen MR) is 101 cm³/mol. The number of aliphatic hydroxyl groups is 1. The van der Waals surface area contributed by atoms with Gasteiger partial charge in [0.05, 0.1) is 17.9 Å². The van der Waals surface area contributed by atoms with Gasteiger partial charge in [0.15, 0.2) is 0 Å². The zero-order valence-corrected chi connectivity index (χ0v) is 14.8. The average Bonchev–Trinajstić information content (AvgIpc) is 2.60. The Labute approximate surface area is 155 Å². The lowest BCUT2D eigenvalue weighted by molar-refractivity contribution is -0.140. The van der Waals surface area contributed by atoms with Gasteiger partial charge < -0.3 is 15.0 Å². The number of nitrogens with one attached hydrogen (secondary N) is 1. The van der Waals surface area contributed by atoms with Crippen LogP contribution in [0.15, 0.2) is 47.3 Å². The van der Waals surface area contributed by atoms with Crippen molar-refractivity contribution < 1.29 is 14.3 Å². The van der Waals surface area contributed by atoms with E-state index < -0.39 is 11.9 Å². The van der Waals surface area contributed by atoms with E-state index in [-0.39, 0.29) is 17.9 Å². The number of amides is 1. The maximum absolute atomic E-state index is 13.6. The Morgan fingerprint density at radius 1 is 1.19 bits per heavy atom. The number of rotatable bonds is 3. The standard InChI is InChI=1S/C21H19FN2O3/c1-12-6-15(22)8-18-17(12)9-19(23-21(18)27)14-4-2-13(3-5-14)7-20(26)24-10-16(25)11-24/h2-6,8-9,16,25H,7,10-11H2,1H3,(H,23,27). The number of β-amino-alcohol motifs (C(OH)–C–C–N with tert-alkyl or cyclic N) is 1. The van der Waals surface area contributed by atoms with Crippen LogP contribution in [-0.4, -0.2) is 40.1 Å². The topological polar surface area (TPSA) is 73.4 Å². The molecule has 0 radical (unpaired) electrons. The first-order valence-electron chi connectivity index (χ1n) is 8.79. The number of pyridine rings is 1. The Morgan fingerprint density at radius 2 is 1.89 bits per heavy atom. The fraction of sp³-hybridized carbons (Fsp3) is 0.238. The lowest BCUT2D eigenvalue weighted by Gasteiger charge is -2.35. The van der Waals surface area contributed by atoms with E-state index in [1.54, 1.807) is 11.8 Å². The van der Waals surface area contributed by atoms with E-state index in [4.69, 9.17) is 0 Å². The number of benzene rings is 2. The van der Waals surface area contributed by atoms with Crippen molar-refractivity contribution in [3.63, 3.8) is 0 Å². The molecule has 2 N–H and O–H groups in total. The number of halogens is 1. The molecule has 1 amide bonds. The molecule has 5 nitrogen and oxygen atoms in total. The summed E-state index contributed by atoms with van der Waals surface area (Å²) in [6.07, 6.45) is -0.127. The summed E-state index contributed by atoms with van der Waals surface area (Å²) in [6.45, 7) is 2.57. The van der Waals surface area contributed by atoms with Crippen molar-refractivity contribution in [3.8, 4) is 11.3 Å². The first-order chi connectivity index (χ1) is 12.9. The van der Waals surface area contributed by atoms with Crippen LogP contribution in [0, 0.1) is 12.7 Å². The number of fused-ring (bicyclic) bond motifs is 1. The highest BCUT2D eigenvalue weighted by Crippen LogP contribution is 2.24. The Hall–Kier alpha value is -2.99. The van der Waals surface area contributed by atoms with Crippen LogP contribution < -0.4 is 5.56 Å². The maximum Gasteiger partial charge on any atom is 0.256 e. The largest absolute Gasteiger partial charge is 0.389 e. The van der Waals surface area contributed by atoms with Crippen LogP contribution in [0.3, 0.4) is 0 Å². The Kier molecular flexibility index (Phi) is 4.28. The molecule has 1 aliphatic heterocycles. The van der Waals surface area contributed by atoms with E-state index in [1.807, 2.05) is 30.3 Å². The van der Waals surface area contributed by atoms with Crippen LogP contribution in [0.4, 0.5) is 4.39 Å². The zero-order chi connectivity index (χ0) is 19.1. The fourth-order valence-corrected chi connectivity index (χ4v) is 3.41. The highest BCUT2D eigenvalue weighted by Gasteiger charge is 2.28. The highest BCUT2D eigenvalue weighted by molar-refractivity contribution is 5.88. The lowest BCUT2D eigenvalue weighted by atomic mass is 10.0. The minimum absolute atomic E-state index is 0.00943. The third kappa shape index (κ3) is 3.36. The zero-order valence-electron chi connectivity index (χ0n) is 14.8. The summed E-state index contributed by atoms with van der Waals surface area (Å²) in [6, 6.07) is 11.9. The molecule has 0 saturated carbocycles. The van der Waals surface area contributed by atoms with Gasteiger partial charge in [0, 0.05) is 18.8 Å². The molecule has 6 heteroatoms. The van der Waals surface area contributed by atoms with Crippen LogP contribution in [0.5, 0.6) is 0 Å². The number of nitrogens with zero attached hydrogens (tertiary/aromatic N) is 1. The molecular formula is C21H19FN2O3. The summed E-state index contributed by atoms with van der Waals surface area (Å²) < 4.78 is 13.6. The Balaban J connectivity index is 1.60. The molecule has 0 unspecified atom stereocenters. The van der Waals surface area contributed by atoms with Crippen molar-refractivity contribution in [2.24, 2.45) is 0 Å². The van der Waals surface area contributed by atoms with Gasteiger partial charge in [-0.05, 0) is 47.2 Å². The maximum atomic E-state index is 13.6. The van der Waals surface area contributed by atoms with Crippen LogP contribution in [0.25, 0.3) is 22.0 Å². The highest BCUT2D eigenvalue weighted by atomic mass is 19.1. The van der Waals surface area contributed by atoms with Gasteiger partial charge in [-0.15, -0.1) is 0 Å². The molecule has 0 atom stereocenters. The molecule has 1 fully saturated rings. The van der Waals surface area contributed by atoms with Crippen LogP contribution in [0.1, 0.15) is 11.1 Å². The Bertz CT molecular complexity index is 1080. The van der Waals surface area contributed by atoms with E-state index in [0.717, 1.165) is 11.1 Å². The van der Waals surface area contributed by atoms with E-state index in [9.17, 15) is 19.1 Å². The summed E-state index contributed by atoms with van der Waals surface area (Å²) in [5, 5.41) is 10.3. The second-order valence-corrected chi connectivity index (χ2v) is 7.02. The second kappa shape index (κ2) is 6.63. The summed E-state index contributed by atoms with van der Waals surface area (Å²) in [5.74, 6) is -0.438. The van der Waals surface area contributed by atoms with Gasteiger partial charge in [0.1, 0.15) is 5.82 Å². The van der Waals surface area contributed by atoms with Gasteiger partial charge in [0.25, 0.3) is 5.56 Å². The van der Waals surface area contributed by atoms with Gasteiger partial charge in [-0.2, -0.15) is 0 Å². The third-order valence-corrected chi connectivity index (χ3v) is 4.97. The predicted octanol–water partition coefficient (Wildman–Crippen LogP) is 2.39. The van der Waals surface area contributed by atoms with E-state index >= 15 is 0 Å². The summed E-state index contributed by atoms with van der Waals surface area (Å²) in [5.41, 5.74) is 2.70. The number of likely N-dealkylation sites (tertiary alicyclic amines) is 1. The van der Waals surface area contributed by atoms with Crippen molar-refractivity contribution in [2.45, 2.75) is 19.4 Å². The third-order valence-electron chi connectivity index (χ3n) is 4.97. The average molecular weight is 366 g/mol. The Morgan fingerprint density at radius 3 is 2.56 bits per heavy atom. The SMILES string of the molecule is Cc1cc(F)cc2c(=O)[nH]c(-c3ccc(CC(=O)N4CC(O)C4)cc3)cc12. The molecule has 3 aromatic rings. The van der Waals surface area contributed by atoms with Crippen molar-refractivity contribution in [1.29, 1.82) is 0 Å². The van der Waals surface area contributed by atoms with Crippen molar-refractivity contribution in [1.82, 2.24) is 9.88 Å². The number of hydrogen-bond acceptors (Lipinski definition) is 3. The number of hydrogen-bond donors (Lipinski definition) is 2. The van der Waals surface area contributed by atoms with Gasteiger partial charge >= 0.3 is 0 Å². The summed E-state index contributed by atoms with van der Waals surface area (Å²) >= 11 is 0. The molecule has 0 aliphatic carbocycles. The van der Waals surface area contributed by atoms with Gasteiger partial charge in [-0.1, -0.05) is 24.3 Å². The van der Waals surface area contributed by atoms with E-state index in [0.29, 0.717) is 35.1 Å². The molecule has 27 heavy (non-hydrogen) atoms. The molecule has 4 rings (SSSR count). The summed E-state index contributed by atoms with van der Waals surface area (Å²) in [7, 11) is 0. The van der Waals surface area contributed by atoms with Crippen LogP contribution in [-0.2, 0) is 11.2 Å². The number of carbonyl (C=O) groups excluding carboxylic acids is 1. The van der Waals surface area contributed by atoms with Crippen molar-refractivity contribution in [2.75, 3.05) is 13.1 Å². The quantitative estimate of drug-likeness (QED) is 0.748. The molecule has 2 aromatic carbocycles. The molecule has 0 bridgehead atoms. The fourth-order valence-electron chi connectivity index (χ4n) is 3.41. The van der Waals surface area contributed by atoms with Crippen molar-refractivity contribution in [3.05, 3.63) is 69.8 Å². The van der Waals surface area contributed by atoms with Gasteiger partial charge in [-0.25, -0.2) is 4.39 Å². The smallest absolute Gasteiger partial charge is 0.256 e. The number of aromatic nitrogens is 1. The number of aliphatic hydroxyl groups excluding tert-OH is 1. The first-order valence-corrected chi connectivity index (χ1v) is 8.79. The van der Waals surface area contributed by atoms with E-state index in [2.05, 4.69) is 4.98 Å². The number of aromatic amines is 1. The molecule has 138 valence electrons. The monoisotopic (exact) mass is 366 g/mol. The number of H-pyrrole nitrogens is 1. The first kappa shape index (κ1) is 17.4. The molecular weight excluding hydrogens is 347 g/mol. The molecule has 1 saturated heterocycles. The molecule has 0 spiro atoms. The number of carbonyl (C=O) groups is 1. The minimum atomic E-state index is -0.429. The summed E-state index contributed by atoms with van der Waals surface area (Å²) in [4.78, 5) is 28.8. The molecule has 1 aromatic heterocycles. The molecule has 2 heterocycles. The van der Waals surface area contributed by atoms with Crippen molar-refractivity contribution >= 4 is 16.7 Å². The van der Waals surface area contributed by atoms with E-state index in [1.165, 1.54) is 12.1 Å². The second-order valence-electron chi connectivity index (χ2n) is 7.02. The van der Waals surface area contributed by atoms with Gasteiger partial charge in [-0.3, -0.25) is 9.59 Å². The van der Waals surface area contributed by atoms with Gasteiger partial charge in [0.2, 0.25) is 5.91 Å². The molecule has 1 aliphatic rings.